The molecule has 0 amide bonds. The van der Waals surface area contributed by atoms with Crippen LogP contribution in [-0.4, -0.2) is 29.1 Å². The van der Waals surface area contributed by atoms with Gasteiger partial charge in [-0.25, -0.2) is 0 Å². The van der Waals surface area contributed by atoms with Gasteiger partial charge in [-0.2, -0.15) is 13.2 Å². The molecule has 0 heterocycles. The average Bonchev–Trinajstić information content (AvgIpc) is 1.98. The van der Waals surface area contributed by atoms with Crippen molar-refractivity contribution in [2.24, 2.45) is 0 Å². The van der Waals surface area contributed by atoms with Crippen molar-refractivity contribution in [2.75, 3.05) is 6.61 Å². The molecular formula is C7H9F3O3S. The van der Waals surface area contributed by atoms with Gasteiger partial charge in [-0.15, -0.1) is 0 Å². The molecule has 0 saturated carbocycles. The quantitative estimate of drug-likeness (QED) is 0.545. The molecule has 0 saturated heterocycles. The maximum atomic E-state index is 11.9. The smallest absolute Gasteiger partial charge is 0.443 e. The number of carbonyl (C=O) groups excluding carboxylic acids is 2. The highest BCUT2D eigenvalue weighted by Gasteiger charge is 2.39. The second-order valence-electron chi connectivity index (χ2n) is 2.31. The molecule has 0 bridgehead atoms. The minimum Gasteiger partial charge on any atom is -0.465 e. The SMILES string of the molecule is CCOC(=O)[C@@H](SC(F)(F)F)C(C)=O. The van der Waals surface area contributed by atoms with Gasteiger partial charge in [0.2, 0.25) is 0 Å². The Balaban J connectivity index is 4.45. The van der Waals surface area contributed by atoms with Crippen molar-refractivity contribution >= 4 is 23.5 Å². The summed E-state index contributed by atoms with van der Waals surface area (Å²) >= 11 is -0.666. The molecule has 0 unspecified atom stereocenters. The van der Waals surface area contributed by atoms with Gasteiger partial charge in [0.15, 0.2) is 11.0 Å². The van der Waals surface area contributed by atoms with Crippen LogP contribution in [0.15, 0.2) is 0 Å². The van der Waals surface area contributed by atoms with E-state index in [-0.39, 0.29) is 6.61 Å². The maximum Gasteiger partial charge on any atom is 0.443 e. The van der Waals surface area contributed by atoms with E-state index in [4.69, 9.17) is 0 Å². The molecule has 0 N–H and O–H groups in total. The number of thioether (sulfide) groups is 1. The summed E-state index contributed by atoms with van der Waals surface area (Å²) in [6.45, 7) is 2.31. The van der Waals surface area contributed by atoms with Crippen LogP contribution in [0.2, 0.25) is 0 Å². The molecule has 14 heavy (non-hydrogen) atoms. The number of ketones is 1. The Morgan fingerprint density at radius 2 is 1.93 bits per heavy atom. The summed E-state index contributed by atoms with van der Waals surface area (Å²) in [5, 5.41) is -1.81. The van der Waals surface area contributed by atoms with Gasteiger partial charge in [-0.3, -0.25) is 9.59 Å². The molecule has 1 atom stereocenters. The first-order valence-electron chi connectivity index (χ1n) is 3.69. The molecule has 0 rings (SSSR count). The first kappa shape index (κ1) is 13.3. The van der Waals surface area contributed by atoms with Crippen LogP contribution >= 0.6 is 11.8 Å². The van der Waals surface area contributed by atoms with Gasteiger partial charge >= 0.3 is 11.5 Å². The molecule has 0 aliphatic carbocycles. The fourth-order valence-corrected chi connectivity index (χ4v) is 1.25. The fourth-order valence-electron chi connectivity index (χ4n) is 0.649. The molecule has 0 radical (unpaired) electrons. The summed E-state index contributed by atoms with van der Waals surface area (Å²) in [4.78, 5) is 21.6. The fraction of sp³-hybridized carbons (Fsp3) is 0.714. The van der Waals surface area contributed by atoms with Crippen molar-refractivity contribution in [3.63, 3.8) is 0 Å². The monoisotopic (exact) mass is 230 g/mol. The summed E-state index contributed by atoms with van der Waals surface area (Å²) in [6.07, 6.45) is 0. The summed E-state index contributed by atoms with van der Waals surface area (Å²) in [5.74, 6) is -2.02. The number of hydrogen-bond donors (Lipinski definition) is 0. The summed E-state index contributed by atoms with van der Waals surface area (Å²) < 4.78 is 39.9. The number of halogens is 3. The number of rotatable bonds is 4. The Labute approximate surface area is 83.0 Å². The summed E-state index contributed by atoms with van der Waals surface area (Å²) in [5.41, 5.74) is -4.62. The van der Waals surface area contributed by atoms with Gasteiger partial charge in [-0.05, 0) is 25.6 Å². The lowest BCUT2D eigenvalue weighted by molar-refractivity contribution is -0.144. The van der Waals surface area contributed by atoms with Crippen LogP contribution < -0.4 is 0 Å². The van der Waals surface area contributed by atoms with Gasteiger partial charge in [0.05, 0.1) is 6.61 Å². The van der Waals surface area contributed by atoms with Gasteiger partial charge in [0.25, 0.3) is 0 Å². The third kappa shape index (κ3) is 5.11. The standard InChI is InChI=1S/C7H9F3O3S/c1-3-13-6(12)5(4(2)11)14-7(8,9)10/h5H,3H2,1-2H3/t5-/m0/s1. The van der Waals surface area contributed by atoms with E-state index in [1.165, 1.54) is 6.92 Å². The van der Waals surface area contributed by atoms with Crippen molar-refractivity contribution in [3.8, 4) is 0 Å². The van der Waals surface area contributed by atoms with Crippen LogP contribution in [0.4, 0.5) is 13.2 Å². The highest BCUT2D eigenvalue weighted by molar-refractivity contribution is 8.02. The molecule has 0 aromatic rings. The molecular weight excluding hydrogens is 221 g/mol. The van der Waals surface area contributed by atoms with Gasteiger partial charge in [0.1, 0.15) is 0 Å². The van der Waals surface area contributed by atoms with Crippen LogP contribution in [0.5, 0.6) is 0 Å². The third-order valence-corrected chi connectivity index (χ3v) is 2.15. The Morgan fingerprint density at radius 3 is 2.21 bits per heavy atom. The van der Waals surface area contributed by atoms with Crippen molar-refractivity contribution in [1.29, 1.82) is 0 Å². The average molecular weight is 230 g/mol. The zero-order valence-electron chi connectivity index (χ0n) is 7.55. The number of esters is 1. The van der Waals surface area contributed by atoms with E-state index >= 15 is 0 Å². The first-order chi connectivity index (χ1) is 6.28. The van der Waals surface area contributed by atoms with Crippen LogP contribution in [0.25, 0.3) is 0 Å². The van der Waals surface area contributed by atoms with Gasteiger partial charge in [-0.1, -0.05) is 0 Å². The van der Waals surface area contributed by atoms with Crippen molar-refractivity contribution in [3.05, 3.63) is 0 Å². The molecule has 3 nitrogen and oxygen atoms in total. The molecule has 0 fully saturated rings. The van der Waals surface area contributed by atoms with E-state index in [2.05, 4.69) is 4.74 Å². The van der Waals surface area contributed by atoms with Crippen LogP contribution in [-0.2, 0) is 14.3 Å². The summed E-state index contributed by atoms with van der Waals surface area (Å²) in [7, 11) is 0. The Kier molecular flexibility index (Phi) is 4.96. The van der Waals surface area contributed by atoms with E-state index < -0.39 is 34.3 Å². The predicted molar refractivity (Wildman–Crippen MR) is 44.7 cm³/mol. The lowest BCUT2D eigenvalue weighted by Gasteiger charge is -2.13. The largest absolute Gasteiger partial charge is 0.465 e. The molecule has 7 heteroatoms. The van der Waals surface area contributed by atoms with Crippen LogP contribution in [0.3, 0.4) is 0 Å². The highest BCUT2D eigenvalue weighted by atomic mass is 32.2. The third-order valence-electron chi connectivity index (χ3n) is 1.12. The lowest BCUT2D eigenvalue weighted by atomic mass is 10.3. The Morgan fingerprint density at radius 1 is 1.43 bits per heavy atom. The Bertz CT molecular complexity index is 227. The number of Topliss-reactive ketones (excluding diaryl/α,β-unsaturated/α-hetero) is 1. The van der Waals surface area contributed by atoms with Gasteiger partial charge < -0.3 is 4.74 Å². The number of hydrogen-bond acceptors (Lipinski definition) is 4. The molecule has 0 spiro atoms. The zero-order chi connectivity index (χ0) is 11.4. The van der Waals surface area contributed by atoms with Crippen LogP contribution in [0, 0.1) is 0 Å². The molecule has 0 aliphatic rings. The first-order valence-corrected chi connectivity index (χ1v) is 4.57. The number of ether oxygens (including phenoxy) is 1. The molecule has 0 aliphatic heterocycles. The Hall–Kier alpha value is -0.720. The molecule has 82 valence electrons. The van der Waals surface area contributed by atoms with Crippen molar-refractivity contribution in [2.45, 2.75) is 24.6 Å². The summed E-state index contributed by atoms with van der Waals surface area (Å²) in [6, 6.07) is 0. The van der Waals surface area contributed by atoms with Crippen molar-refractivity contribution in [1.82, 2.24) is 0 Å². The second-order valence-corrected chi connectivity index (χ2v) is 3.48. The normalized spacial score (nSPS) is 13.5. The van der Waals surface area contributed by atoms with Gasteiger partial charge in [0, 0.05) is 0 Å². The zero-order valence-corrected chi connectivity index (χ0v) is 8.37. The van der Waals surface area contributed by atoms with E-state index in [1.807, 2.05) is 0 Å². The second kappa shape index (κ2) is 5.23. The van der Waals surface area contributed by atoms with E-state index in [0.29, 0.717) is 0 Å². The lowest BCUT2D eigenvalue weighted by Crippen LogP contribution is -2.30. The van der Waals surface area contributed by atoms with Crippen molar-refractivity contribution < 1.29 is 27.5 Å². The minimum absolute atomic E-state index is 0.0545. The number of carbonyl (C=O) groups is 2. The topological polar surface area (TPSA) is 43.4 Å². The molecule has 0 aromatic carbocycles. The highest BCUT2D eigenvalue weighted by Crippen LogP contribution is 2.34. The maximum absolute atomic E-state index is 11.9. The minimum atomic E-state index is -4.62. The van der Waals surface area contributed by atoms with Crippen LogP contribution in [0.1, 0.15) is 13.8 Å². The predicted octanol–water partition coefficient (Wildman–Crippen LogP) is 1.76. The molecule has 0 aromatic heterocycles. The number of alkyl halides is 3. The van der Waals surface area contributed by atoms with E-state index in [0.717, 1.165) is 6.92 Å². The van der Waals surface area contributed by atoms with E-state index in [9.17, 15) is 22.8 Å². The van der Waals surface area contributed by atoms with E-state index in [1.54, 1.807) is 0 Å².